The van der Waals surface area contributed by atoms with Crippen LogP contribution in [0.5, 0.6) is 0 Å². The first-order chi connectivity index (χ1) is 12.6. The third-order valence-corrected chi connectivity index (χ3v) is 4.44. The van der Waals surface area contributed by atoms with Crippen molar-refractivity contribution in [2.75, 3.05) is 31.1 Å². The summed E-state index contributed by atoms with van der Waals surface area (Å²) in [5, 5.41) is 0.769. The number of halogens is 1. The van der Waals surface area contributed by atoms with E-state index in [-0.39, 0.29) is 11.7 Å². The number of H-pyrrole nitrogens is 1. The number of hydrogen-bond donors (Lipinski definition) is 1. The second-order valence-electron chi connectivity index (χ2n) is 6.05. The Labute approximate surface area is 148 Å². The maximum Gasteiger partial charge on any atom is 0.348 e. The van der Waals surface area contributed by atoms with Gasteiger partial charge in [0.2, 0.25) is 0 Å². The van der Waals surface area contributed by atoms with Crippen LogP contribution in [-0.4, -0.2) is 51.9 Å². The monoisotopic (exact) mass is 353 g/mol. The van der Waals surface area contributed by atoms with Crippen LogP contribution in [0.4, 0.5) is 10.2 Å². The van der Waals surface area contributed by atoms with Gasteiger partial charge in [-0.2, -0.15) is 4.98 Å². The highest BCUT2D eigenvalue weighted by molar-refractivity contribution is 5.94. The number of amides is 1. The fourth-order valence-electron chi connectivity index (χ4n) is 3.11. The minimum atomic E-state index is -0.448. The summed E-state index contributed by atoms with van der Waals surface area (Å²) in [6.45, 7) is 2.08. The third kappa shape index (κ3) is 3.01. The molecule has 132 valence electrons. The summed E-state index contributed by atoms with van der Waals surface area (Å²) in [5.74, 6) is 0.0769. The van der Waals surface area contributed by atoms with Crippen molar-refractivity contribution in [1.82, 2.24) is 19.9 Å². The van der Waals surface area contributed by atoms with E-state index in [2.05, 4.69) is 15.0 Å². The van der Waals surface area contributed by atoms with Crippen LogP contribution in [0.3, 0.4) is 0 Å². The smallest absolute Gasteiger partial charge is 0.348 e. The minimum Gasteiger partial charge on any atom is -0.352 e. The highest BCUT2D eigenvalue weighted by Crippen LogP contribution is 2.21. The fourth-order valence-corrected chi connectivity index (χ4v) is 3.11. The van der Waals surface area contributed by atoms with Crippen molar-refractivity contribution < 1.29 is 9.18 Å². The van der Waals surface area contributed by atoms with Crippen molar-refractivity contribution in [2.24, 2.45) is 0 Å². The molecular formula is C18H16FN5O2. The molecule has 0 unspecified atom stereocenters. The number of carbonyl (C=O) groups excluding carboxylic acids is 1. The number of rotatable bonds is 2. The van der Waals surface area contributed by atoms with E-state index in [1.54, 1.807) is 17.2 Å². The maximum atomic E-state index is 13.0. The van der Waals surface area contributed by atoms with Crippen LogP contribution in [0.25, 0.3) is 11.0 Å². The first-order valence-corrected chi connectivity index (χ1v) is 8.27. The van der Waals surface area contributed by atoms with Crippen LogP contribution in [0.15, 0.2) is 47.4 Å². The Morgan fingerprint density at radius 2 is 1.81 bits per heavy atom. The zero-order valence-electron chi connectivity index (χ0n) is 13.9. The third-order valence-electron chi connectivity index (χ3n) is 4.44. The van der Waals surface area contributed by atoms with Gasteiger partial charge >= 0.3 is 5.69 Å². The molecule has 1 N–H and O–H groups in total. The molecule has 7 nitrogen and oxygen atoms in total. The van der Waals surface area contributed by atoms with Crippen molar-refractivity contribution in [2.45, 2.75) is 0 Å². The minimum absolute atomic E-state index is 0.130. The Hall–Kier alpha value is -3.29. The molecule has 1 saturated heterocycles. The van der Waals surface area contributed by atoms with E-state index in [0.717, 1.165) is 5.39 Å². The molecule has 26 heavy (non-hydrogen) atoms. The van der Waals surface area contributed by atoms with Crippen LogP contribution in [-0.2, 0) is 0 Å². The van der Waals surface area contributed by atoms with E-state index in [9.17, 15) is 14.0 Å². The van der Waals surface area contributed by atoms with Crippen LogP contribution in [0.1, 0.15) is 10.4 Å². The number of fused-ring (bicyclic) bond motifs is 1. The van der Waals surface area contributed by atoms with E-state index in [1.165, 1.54) is 24.3 Å². The van der Waals surface area contributed by atoms with Gasteiger partial charge < -0.3 is 9.80 Å². The molecule has 1 aromatic carbocycles. The van der Waals surface area contributed by atoms with Gasteiger partial charge in [0, 0.05) is 37.9 Å². The summed E-state index contributed by atoms with van der Waals surface area (Å²) < 4.78 is 13.0. The molecule has 0 aliphatic carbocycles. The Kier molecular flexibility index (Phi) is 4.08. The molecule has 0 atom stereocenters. The number of aromatic nitrogens is 3. The van der Waals surface area contributed by atoms with Crippen LogP contribution >= 0.6 is 0 Å². The summed E-state index contributed by atoms with van der Waals surface area (Å²) in [6.07, 6.45) is 1.61. The average molecular weight is 353 g/mol. The lowest BCUT2D eigenvalue weighted by molar-refractivity contribution is 0.0746. The van der Waals surface area contributed by atoms with Gasteiger partial charge in [-0.3, -0.25) is 9.78 Å². The number of benzene rings is 1. The molecule has 1 amide bonds. The van der Waals surface area contributed by atoms with E-state index in [1.807, 2.05) is 11.0 Å². The lowest BCUT2D eigenvalue weighted by atomic mass is 10.1. The van der Waals surface area contributed by atoms with Gasteiger partial charge in [0.05, 0.1) is 5.39 Å². The highest BCUT2D eigenvalue weighted by Gasteiger charge is 2.24. The second-order valence-corrected chi connectivity index (χ2v) is 6.05. The Bertz CT molecular complexity index is 1010. The summed E-state index contributed by atoms with van der Waals surface area (Å²) in [5.41, 5.74) is 0.507. The Morgan fingerprint density at radius 1 is 1.08 bits per heavy atom. The predicted octanol–water partition coefficient (Wildman–Crippen LogP) is 1.42. The summed E-state index contributed by atoms with van der Waals surface area (Å²) in [7, 11) is 0. The molecule has 2 aromatic heterocycles. The maximum absolute atomic E-state index is 13.0. The molecule has 1 fully saturated rings. The van der Waals surface area contributed by atoms with Gasteiger partial charge in [-0.1, -0.05) is 0 Å². The largest absolute Gasteiger partial charge is 0.352 e. The summed E-state index contributed by atoms with van der Waals surface area (Å²) in [4.78, 5) is 38.9. The Balaban J connectivity index is 1.53. The van der Waals surface area contributed by atoms with Crippen molar-refractivity contribution in [3.8, 4) is 0 Å². The number of nitrogens with zero attached hydrogens (tertiary/aromatic N) is 4. The quantitative estimate of drug-likeness (QED) is 0.753. The first kappa shape index (κ1) is 16.2. The Morgan fingerprint density at radius 3 is 2.54 bits per heavy atom. The number of piperazine rings is 1. The molecule has 1 aliphatic heterocycles. The standard InChI is InChI=1S/C18H16FN5O2/c19-13-5-3-12(4-6-13)17(25)24-10-8-23(9-11-24)16-14-2-1-7-20-15(14)21-18(26)22-16/h1-7H,8-11H2,(H,20,21,22,26). The van der Waals surface area contributed by atoms with Crippen molar-refractivity contribution >= 4 is 22.8 Å². The highest BCUT2D eigenvalue weighted by atomic mass is 19.1. The van der Waals surface area contributed by atoms with Gasteiger partial charge in [-0.05, 0) is 36.4 Å². The first-order valence-electron chi connectivity index (χ1n) is 8.27. The predicted molar refractivity (Wildman–Crippen MR) is 94.7 cm³/mol. The normalized spacial score (nSPS) is 14.7. The van der Waals surface area contributed by atoms with E-state index >= 15 is 0 Å². The molecule has 1 aliphatic rings. The molecule has 3 aromatic rings. The fraction of sp³-hybridized carbons (Fsp3) is 0.222. The number of aromatic amines is 1. The topological polar surface area (TPSA) is 82.2 Å². The average Bonchev–Trinajstić information content (AvgIpc) is 2.67. The number of pyridine rings is 1. The lowest BCUT2D eigenvalue weighted by Gasteiger charge is -2.35. The molecule has 0 radical (unpaired) electrons. The van der Waals surface area contributed by atoms with Crippen molar-refractivity contribution in [3.63, 3.8) is 0 Å². The number of anilines is 1. The molecule has 8 heteroatoms. The van der Waals surface area contributed by atoms with E-state index in [4.69, 9.17) is 0 Å². The van der Waals surface area contributed by atoms with E-state index in [0.29, 0.717) is 43.2 Å². The zero-order chi connectivity index (χ0) is 18.1. The van der Waals surface area contributed by atoms with Crippen molar-refractivity contribution in [1.29, 1.82) is 0 Å². The molecule has 4 rings (SSSR count). The molecule has 3 heterocycles. The van der Waals surface area contributed by atoms with Crippen LogP contribution in [0, 0.1) is 5.82 Å². The number of carbonyl (C=O) groups is 1. The molecular weight excluding hydrogens is 337 g/mol. The van der Waals surface area contributed by atoms with Gasteiger partial charge in [0.15, 0.2) is 0 Å². The number of nitrogens with one attached hydrogen (secondary N) is 1. The number of hydrogen-bond acceptors (Lipinski definition) is 5. The summed E-state index contributed by atoms with van der Waals surface area (Å²) in [6, 6.07) is 9.19. The SMILES string of the molecule is O=C(c1ccc(F)cc1)N1CCN(c2nc(=O)[nH]c3ncccc23)CC1. The van der Waals surface area contributed by atoms with Gasteiger partial charge in [0.25, 0.3) is 5.91 Å². The second kappa shape index (κ2) is 6.55. The van der Waals surface area contributed by atoms with Gasteiger partial charge in [-0.25, -0.2) is 14.2 Å². The van der Waals surface area contributed by atoms with Crippen molar-refractivity contribution in [3.05, 3.63) is 64.5 Å². The zero-order valence-corrected chi connectivity index (χ0v) is 13.9. The van der Waals surface area contributed by atoms with Gasteiger partial charge in [0.1, 0.15) is 17.3 Å². The molecule has 0 bridgehead atoms. The molecule has 0 saturated carbocycles. The molecule has 0 spiro atoms. The summed E-state index contributed by atoms with van der Waals surface area (Å²) >= 11 is 0. The van der Waals surface area contributed by atoms with E-state index < -0.39 is 5.69 Å². The van der Waals surface area contributed by atoms with Crippen LogP contribution < -0.4 is 10.6 Å². The van der Waals surface area contributed by atoms with Gasteiger partial charge in [-0.15, -0.1) is 0 Å². The van der Waals surface area contributed by atoms with Crippen LogP contribution in [0.2, 0.25) is 0 Å². The lowest BCUT2D eigenvalue weighted by Crippen LogP contribution is -2.49.